The molecule has 1 saturated heterocycles. The van der Waals surface area contributed by atoms with Crippen LogP contribution in [0.3, 0.4) is 0 Å². The monoisotopic (exact) mass is 347 g/mol. The van der Waals surface area contributed by atoms with Gasteiger partial charge in [0.25, 0.3) is 0 Å². The van der Waals surface area contributed by atoms with Crippen LogP contribution in [-0.2, 0) is 9.59 Å². The highest BCUT2D eigenvalue weighted by Crippen LogP contribution is 2.35. The van der Waals surface area contributed by atoms with Gasteiger partial charge in [-0.3, -0.25) is 9.59 Å². The van der Waals surface area contributed by atoms with E-state index in [0.29, 0.717) is 13.1 Å². The van der Waals surface area contributed by atoms with Crippen LogP contribution < -0.4 is 15.4 Å². The predicted molar refractivity (Wildman–Crippen MR) is 93.8 cm³/mol. The SMILES string of the molecule is COc1ccc(NC2(C(=O)N3CCN[C@H](C(=O)O)C3)CCCC2)cc1. The fourth-order valence-electron chi connectivity index (χ4n) is 3.72. The Morgan fingerprint density at radius 3 is 2.56 bits per heavy atom. The number of nitrogens with one attached hydrogen (secondary N) is 2. The second-order valence-electron chi connectivity index (χ2n) is 6.74. The Kier molecular flexibility index (Phi) is 5.13. The van der Waals surface area contributed by atoms with Gasteiger partial charge >= 0.3 is 5.97 Å². The van der Waals surface area contributed by atoms with Gasteiger partial charge in [0.05, 0.1) is 7.11 Å². The highest BCUT2D eigenvalue weighted by Gasteiger charge is 2.44. The van der Waals surface area contributed by atoms with Crippen molar-refractivity contribution in [2.24, 2.45) is 0 Å². The maximum Gasteiger partial charge on any atom is 0.322 e. The molecular weight excluding hydrogens is 322 g/mol. The number of carbonyl (C=O) groups is 2. The first-order valence-electron chi connectivity index (χ1n) is 8.72. The van der Waals surface area contributed by atoms with Crippen molar-refractivity contribution in [2.75, 3.05) is 32.1 Å². The molecule has 25 heavy (non-hydrogen) atoms. The lowest BCUT2D eigenvalue weighted by atomic mass is 9.94. The Balaban J connectivity index is 1.76. The molecule has 0 bridgehead atoms. The van der Waals surface area contributed by atoms with Crippen LogP contribution in [0.25, 0.3) is 0 Å². The summed E-state index contributed by atoms with van der Waals surface area (Å²) < 4.78 is 5.18. The molecule has 1 amide bonds. The molecule has 1 aromatic rings. The van der Waals surface area contributed by atoms with E-state index >= 15 is 0 Å². The van der Waals surface area contributed by atoms with Crippen molar-refractivity contribution in [1.82, 2.24) is 10.2 Å². The van der Waals surface area contributed by atoms with Crippen molar-refractivity contribution in [3.05, 3.63) is 24.3 Å². The average molecular weight is 347 g/mol. The highest BCUT2D eigenvalue weighted by molar-refractivity contribution is 5.90. The zero-order valence-electron chi connectivity index (χ0n) is 14.5. The molecule has 1 aliphatic heterocycles. The number of carbonyl (C=O) groups excluding carboxylic acids is 1. The fraction of sp³-hybridized carbons (Fsp3) is 0.556. The first kappa shape index (κ1) is 17.5. The molecule has 7 heteroatoms. The minimum absolute atomic E-state index is 0.00793. The summed E-state index contributed by atoms with van der Waals surface area (Å²) in [7, 11) is 1.62. The molecule has 0 aromatic heterocycles. The van der Waals surface area contributed by atoms with Crippen molar-refractivity contribution >= 4 is 17.6 Å². The van der Waals surface area contributed by atoms with E-state index in [1.54, 1.807) is 12.0 Å². The van der Waals surface area contributed by atoms with Crippen LogP contribution in [0.2, 0.25) is 0 Å². The van der Waals surface area contributed by atoms with Gasteiger partial charge in [0, 0.05) is 25.3 Å². The number of amides is 1. The van der Waals surface area contributed by atoms with Crippen LogP contribution in [0.5, 0.6) is 5.75 Å². The van der Waals surface area contributed by atoms with Gasteiger partial charge in [-0.1, -0.05) is 12.8 Å². The molecule has 3 rings (SSSR count). The Bertz CT molecular complexity index is 626. The molecule has 1 aromatic carbocycles. The van der Waals surface area contributed by atoms with Gasteiger partial charge in [-0.05, 0) is 37.1 Å². The third kappa shape index (κ3) is 3.71. The lowest BCUT2D eigenvalue weighted by Gasteiger charge is -2.39. The van der Waals surface area contributed by atoms with E-state index in [9.17, 15) is 14.7 Å². The molecule has 3 N–H and O–H groups in total. The Hall–Kier alpha value is -2.28. The van der Waals surface area contributed by atoms with Gasteiger partial charge in [0.1, 0.15) is 17.3 Å². The fourth-order valence-corrected chi connectivity index (χ4v) is 3.72. The lowest BCUT2D eigenvalue weighted by molar-refractivity contribution is -0.144. The molecule has 0 unspecified atom stereocenters. The van der Waals surface area contributed by atoms with Crippen LogP contribution in [-0.4, -0.2) is 60.2 Å². The van der Waals surface area contributed by atoms with Crippen molar-refractivity contribution in [2.45, 2.75) is 37.3 Å². The van der Waals surface area contributed by atoms with Gasteiger partial charge in [-0.15, -0.1) is 0 Å². The number of carboxylic acids is 1. The van der Waals surface area contributed by atoms with Crippen molar-refractivity contribution in [3.8, 4) is 5.75 Å². The smallest absolute Gasteiger partial charge is 0.322 e. The zero-order valence-corrected chi connectivity index (χ0v) is 14.5. The van der Waals surface area contributed by atoms with Crippen molar-refractivity contribution in [1.29, 1.82) is 0 Å². The number of hydrogen-bond acceptors (Lipinski definition) is 5. The van der Waals surface area contributed by atoms with Crippen LogP contribution in [0, 0.1) is 0 Å². The Morgan fingerprint density at radius 1 is 1.28 bits per heavy atom. The normalized spacial score (nSPS) is 22.4. The van der Waals surface area contributed by atoms with Crippen molar-refractivity contribution < 1.29 is 19.4 Å². The second kappa shape index (κ2) is 7.31. The van der Waals surface area contributed by atoms with E-state index < -0.39 is 17.6 Å². The van der Waals surface area contributed by atoms with E-state index in [1.807, 2.05) is 24.3 Å². The van der Waals surface area contributed by atoms with Crippen LogP contribution in [0.4, 0.5) is 5.69 Å². The van der Waals surface area contributed by atoms with E-state index in [4.69, 9.17) is 4.74 Å². The molecule has 1 heterocycles. The minimum Gasteiger partial charge on any atom is -0.497 e. The number of methoxy groups -OCH3 is 1. The topological polar surface area (TPSA) is 90.9 Å². The van der Waals surface area contributed by atoms with Gasteiger partial charge in [0.15, 0.2) is 0 Å². The summed E-state index contributed by atoms with van der Waals surface area (Å²) in [5.41, 5.74) is 0.232. The second-order valence-corrected chi connectivity index (χ2v) is 6.74. The minimum atomic E-state index is -0.916. The first-order valence-corrected chi connectivity index (χ1v) is 8.72. The summed E-state index contributed by atoms with van der Waals surface area (Å²) in [6.45, 7) is 1.25. The third-order valence-electron chi connectivity index (χ3n) is 5.10. The average Bonchev–Trinajstić information content (AvgIpc) is 3.11. The molecule has 0 radical (unpaired) electrons. The van der Waals surface area contributed by atoms with Crippen molar-refractivity contribution in [3.63, 3.8) is 0 Å². The molecule has 1 aliphatic carbocycles. The number of aliphatic carboxylic acids is 1. The Labute approximate surface area is 147 Å². The molecular formula is C18H25N3O4. The molecule has 1 saturated carbocycles. The Morgan fingerprint density at radius 2 is 1.96 bits per heavy atom. The molecule has 0 spiro atoms. The molecule has 136 valence electrons. The summed E-state index contributed by atoms with van der Waals surface area (Å²) in [5.74, 6) is -0.140. The summed E-state index contributed by atoms with van der Waals surface area (Å²) in [5, 5.41) is 15.6. The summed E-state index contributed by atoms with van der Waals surface area (Å²) in [4.78, 5) is 26.2. The lowest BCUT2D eigenvalue weighted by Crippen LogP contribution is -2.61. The summed E-state index contributed by atoms with van der Waals surface area (Å²) in [6.07, 6.45) is 3.51. The number of anilines is 1. The molecule has 1 atom stereocenters. The number of carboxylic acid groups (broad SMARTS) is 1. The number of ether oxygens (including phenoxy) is 1. The molecule has 7 nitrogen and oxygen atoms in total. The van der Waals surface area contributed by atoms with Crippen LogP contribution in [0.15, 0.2) is 24.3 Å². The maximum atomic E-state index is 13.2. The summed E-state index contributed by atoms with van der Waals surface area (Å²) >= 11 is 0. The van der Waals surface area contributed by atoms with Gasteiger partial charge in [-0.25, -0.2) is 0 Å². The number of nitrogens with zero attached hydrogens (tertiary/aromatic N) is 1. The maximum absolute atomic E-state index is 13.2. The van der Waals surface area contributed by atoms with Gasteiger partial charge in [-0.2, -0.15) is 0 Å². The quantitative estimate of drug-likeness (QED) is 0.744. The van der Waals surface area contributed by atoms with Crippen LogP contribution >= 0.6 is 0 Å². The predicted octanol–water partition coefficient (Wildman–Crippen LogP) is 1.30. The first-order chi connectivity index (χ1) is 12.0. The highest BCUT2D eigenvalue weighted by atomic mass is 16.5. The van der Waals surface area contributed by atoms with E-state index in [1.165, 1.54) is 0 Å². The zero-order chi connectivity index (χ0) is 17.9. The van der Waals surface area contributed by atoms with E-state index in [0.717, 1.165) is 37.1 Å². The standard InChI is InChI=1S/C18H25N3O4/c1-25-14-6-4-13(5-7-14)20-18(8-2-3-9-18)17(24)21-11-10-19-15(12-21)16(22)23/h4-7,15,19-20H,2-3,8-12H2,1H3,(H,22,23)/t15-/m0/s1. The molecule has 2 fully saturated rings. The third-order valence-corrected chi connectivity index (χ3v) is 5.10. The molecule has 2 aliphatic rings. The number of benzene rings is 1. The van der Waals surface area contributed by atoms with E-state index in [2.05, 4.69) is 10.6 Å². The largest absolute Gasteiger partial charge is 0.497 e. The van der Waals surface area contributed by atoms with Gasteiger partial charge < -0.3 is 25.4 Å². The summed E-state index contributed by atoms with van der Waals surface area (Å²) in [6, 6.07) is 6.84. The van der Waals surface area contributed by atoms with Crippen LogP contribution in [0.1, 0.15) is 25.7 Å². The van der Waals surface area contributed by atoms with Gasteiger partial charge in [0.2, 0.25) is 5.91 Å². The number of rotatable bonds is 5. The van der Waals surface area contributed by atoms with E-state index in [-0.39, 0.29) is 12.5 Å². The number of hydrogen-bond donors (Lipinski definition) is 3. The number of piperazine rings is 1.